The van der Waals surface area contributed by atoms with Gasteiger partial charge in [0.1, 0.15) is 0 Å². The number of ether oxygens (including phenoxy) is 1. The zero-order chi connectivity index (χ0) is 11.2. The standard InChI is InChI=1S/C10H21NO3/c1-8(12-5)9(10(2,3)4)11-7-14-13-6/h7-9H,1-6H3/b11-7+/t8-,9-/m0/s1. The lowest BCUT2D eigenvalue weighted by molar-refractivity contribution is -0.188. The lowest BCUT2D eigenvalue weighted by Gasteiger charge is -2.30. The maximum Gasteiger partial charge on any atom is 0.215 e. The Kier molecular flexibility index (Phi) is 5.72. The monoisotopic (exact) mass is 203 g/mol. The molecule has 0 aliphatic heterocycles. The molecule has 4 heteroatoms. The summed E-state index contributed by atoms with van der Waals surface area (Å²) < 4.78 is 5.26. The highest BCUT2D eigenvalue weighted by Crippen LogP contribution is 2.25. The molecule has 0 unspecified atom stereocenters. The minimum Gasteiger partial charge on any atom is -0.379 e. The van der Waals surface area contributed by atoms with E-state index in [4.69, 9.17) is 4.74 Å². The Morgan fingerprint density at radius 3 is 2.14 bits per heavy atom. The van der Waals surface area contributed by atoms with Crippen LogP contribution in [-0.4, -0.2) is 32.8 Å². The second-order valence-electron chi connectivity index (χ2n) is 4.27. The third-order valence-electron chi connectivity index (χ3n) is 2.06. The van der Waals surface area contributed by atoms with E-state index >= 15 is 0 Å². The van der Waals surface area contributed by atoms with Gasteiger partial charge in [-0.2, -0.15) is 4.89 Å². The van der Waals surface area contributed by atoms with Crippen LogP contribution in [-0.2, 0) is 14.5 Å². The van der Waals surface area contributed by atoms with Crippen molar-refractivity contribution in [2.45, 2.75) is 39.8 Å². The number of hydrogen-bond donors (Lipinski definition) is 0. The van der Waals surface area contributed by atoms with E-state index in [2.05, 4.69) is 35.5 Å². The lowest BCUT2D eigenvalue weighted by Crippen LogP contribution is -2.35. The van der Waals surface area contributed by atoms with E-state index < -0.39 is 0 Å². The molecule has 0 aromatic carbocycles. The predicted molar refractivity (Wildman–Crippen MR) is 56.3 cm³/mol. The summed E-state index contributed by atoms with van der Waals surface area (Å²) in [4.78, 5) is 13.3. The van der Waals surface area contributed by atoms with Crippen molar-refractivity contribution < 1.29 is 14.5 Å². The molecule has 0 aliphatic carbocycles. The van der Waals surface area contributed by atoms with Crippen molar-refractivity contribution in [2.75, 3.05) is 14.2 Å². The lowest BCUT2D eigenvalue weighted by atomic mass is 9.84. The summed E-state index contributed by atoms with van der Waals surface area (Å²) in [6.07, 6.45) is 1.36. The molecule has 14 heavy (non-hydrogen) atoms. The van der Waals surface area contributed by atoms with Crippen LogP contribution in [0.4, 0.5) is 0 Å². The first-order chi connectivity index (χ1) is 6.43. The van der Waals surface area contributed by atoms with Crippen molar-refractivity contribution >= 4 is 6.40 Å². The fraction of sp³-hybridized carbons (Fsp3) is 0.900. The summed E-state index contributed by atoms with van der Waals surface area (Å²) in [5.74, 6) is 0. The van der Waals surface area contributed by atoms with Crippen molar-refractivity contribution in [2.24, 2.45) is 10.4 Å². The maximum atomic E-state index is 5.26. The zero-order valence-electron chi connectivity index (χ0n) is 9.90. The van der Waals surface area contributed by atoms with E-state index in [1.165, 1.54) is 13.5 Å². The fourth-order valence-electron chi connectivity index (χ4n) is 1.31. The van der Waals surface area contributed by atoms with Crippen molar-refractivity contribution in [3.05, 3.63) is 0 Å². The third kappa shape index (κ3) is 4.58. The van der Waals surface area contributed by atoms with Gasteiger partial charge in [-0.05, 0) is 12.3 Å². The molecule has 0 fully saturated rings. The van der Waals surface area contributed by atoms with Crippen LogP contribution in [0.5, 0.6) is 0 Å². The van der Waals surface area contributed by atoms with Gasteiger partial charge in [-0.3, -0.25) is 0 Å². The van der Waals surface area contributed by atoms with E-state index in [9.17, 15) is 0 Å². The first kappa shape index (κ1) is 13.4. The second-order valence-corrected chi connectivity index (χ2v) is 4.27. The third-order valence-corrected chi connectivity index (χ3v) is 2.06. The molecule has 0 N–H and O–H groups in total. The number of rotatable bonds is 5. The molecule has 0 aliphatic rings. The van der Waals surface area contributed by atoms with Gasteiger partial charge >= 0.3 is 0 Å². The molecule has 0 aromatic rings. The van der Waals surface area contributed by atoms with E-state index in [1.54, 1.807) is 7.11 Å². The maximum absolute atomic E-state index is 5.26. The first-order valence-electron chi connectivity index (χ1n) is 4.67. The van der Waals surface area contributed by atoms with Gasteiger partial charge in [0.2, 0.25) is 6.40 Å². The Labute approximate surface area is 86.2 Å². The Balaban J connectivity index is 4.41. The number of aliphatic imine (C=N–C) groups is 1. The van der Waals surface area contributed by atoms with Gasteiger partial charge in [0.25, 0.3) is 0 Å². The summed E-state index contributed by atoms with van der Waals surface area (Å²) in [6, 6.07) is 0.0441. The number of hydrogen-bond acceptors (Lipinski definition) is 4. The van der Waals surface area contributed by atoms with E-state index in [0.29, 0.717) is 0 Å². The van der Waals surface area contributed by atoms with Crippen molar-refractivity contribution in [1.82, 2.24) is 0 Å². The Bertz CT molecular complexity index is 175. The van der Waals surface area contributed by atoms with Crippen molar-refractivity contribution in [3.63, 3.8) is 0 Å². The molecule has 84 valence electrons. The summed E-state index contributed by atoms with van der Waals surface area (Å²) in [6.45, 7) is 8.31. The largest absolute Gasteiger partial charge is 0.379 e. The van der Waals surface area contributed by atoms with Gasteiger partial charge in [0.05, 0.1) is 19.3 Å². The van der Waals surface area contributed by atoms with Crippen LogP contribution in [0.2, 0.25) is 0 Å². The van der Waals surface area contributed by atoms with Crippen molar-refractivity contribution in [1.29, 1.82) is 0 Å². The molecule has 0 radical (unpaired) electrons. The second kappa shape index (κ2) is 5.98. The molecule has 2 atom stereocenters. The number of methoxy groups -OCH3 is 1. The fourth-order valence-corrected chi connectivity index (χ4v) is 1.31. The SMILES string of the molecule is COO/C=N/[C@@H]([C@H](C)OC)C(C)(C)C. The van der Waals surface area contributed by atoms with Crippen molar-refractivity contribution in [3.8, 4) is 0 Å². The van der Waals surface area contributed by atoms with Crippen LogP contribution < -0.4 is 0 Å². The van der Waals surface area contributed by atoms with Crippen LogP contribution in [0.3, 0.4) is 0 Å². The molecular formula is C10H21NO3. The van der Waals surface area contributed by atoms with Crippen LogP contribution >= 0.6 is 0 Å². The zero-order valence-corrected chi connectivity index (χ0v) is 9.90. The summed E-state index contributed by atoms with van der Waals surface area (Å²) in [7, 11) is 3.12. The highest BCUT2D eigenvalue weighted by molar-refractivity contribution is 5.46. The molecule has 0 rings (SSSR count). The van der Waals surface area contributed by atoms with Gasteiger partial charge in [0.15, 0.2) is 0 Å². The highest BCUT2D eigenvalue weighted by atomic mass is 17.2. The van der Waals surface area contributed by atoms with Gasteiger partial charge < -0.3 is 9.62 Å². The minimum absolute atomic E-state index is 0.0308. The average Bonchev–Trinajstić information content (AvgIpc) is 2.09. The summed E-state index contributed by atoms with van der Waals surface area (Å²) >= 11 is 0. The Morgan fingerprint density at radius 1 is 1.21 bits per heavy atom. The van der Waals surface area contributed by atoms with E-state index in [0.717, 1.165) is 0 Å². The van der Waals surface area contributed by atoms with Gasteiger partial charge in [-0.25, -0.2) is 4.99 Å². The number of nitrogens with zero attached hydrogens (tertiary/aromatic N) is 1. The first-order valence-corrected chi connectivity index (χ1v) is 4.67. The molecular weight excluding hydrogens is 182 g/mol. The van der Waals surface area contributed by atoms with Gasteiger partial charge in [-0.15, -0.1) is 0 Å². The minimum atomic E-state index is 0.0308. The normalized spacial score (nSPS) is 17.0. The smallest absolute Gasteiger partial charge is 0.215 e. The van der Waals surface area contributed by atoms with E-state index in [-0.39, 0.29) is 17.6 Å². The topological polar surface area (TPSA) is 40.0 Å². The molecule has 0 aromatic heterocycles. The Hall–Kier alpha value is -0.610. The van der Waals surface area contributed by atoms with Crippen LogP contribution in [0, 0.1) is 5.41 Å². The van der Waals surface area contributed by atoms with Crippen LogP contribution in [0.25, 0.3) is 0 Å². The van der Waals surface area contributed by atoms with Gasteiger partial charge in [0, 0.05) is 7.11 Å². The van der Waals surface area contributed by atoms with Crippen LogP contribution in [0.15, 0.2) is 4.99 Å². The highest BCUT2D eigenvalue weighted by Gasteiger charge is 2.29. The molecule has 0 bridgehead atoms. The molecule has 0 amide bonds. The molecule has 0 spiro atoms. The average molecular weight is 203 g/mol. The molecule has 4 nitrogen and oxygen atoms in total. The quantitative estimate of drug-likeness (QED) is 0.297. The molecule has 0 heterocycles. The van der Waals surface area contributed by atoms with E-state index in [1.807, 2.05) is 6.92 Å². The Morgan fingerprint density at radius 2 is 1.79 bits per heavy atom. The summed E-state index contributed by atoms with van der Waals surface area (Å²) in [5.41, 5.74) is 0.0308. The van der Waals surface area contributed by atoms with Gasteiger partial charge in [-0.1, -0.05) is 20.8 Å². The molecule has 0 saturated heterocycles. The predicted octanol–water partition coefficient (Wildman–Crippen LogP) is 2.04. The van der Waals surface area contributed by atoms with Crippen LogP contribution in [0.1, 0.15) is 27.7 Å². The molecule has 0 saturated carbocycles. The summed E-state index contributed by atoms with van der Waals surface area (Å²) in [5, 5.41) is 0.